The van der Waals surface area contributed by atoms with E-state index in [1.165, 1.54) is 0 Å². The molecule has 0 bridgehead atoms. The Balaban J connectivity index is 0. The Hall–Kier alpha value is -0.220. The van der Waals surface area contributed by atoms with Crippen molar-refractivity contribution in [1.82, 2.24) is 0 Å². The minimum absolute atomic E-state index is 0.472. The lowest BCUT2D eigenvalue weighted by molar-refractivity contribution is -0.134. The van der Waals surface area contributed by atoms with Gasteiger partial charge in [-0.15, -0.1) is 12.6 Å². The van der Waals surface area contributed by atoms with Gasteiger partial charge in [-0.25, -0.2) is 0 Å². The maximum Gasteiger partial charge on any atom is 0.300 e. The largest absolute Gasteiger partial charge is 0.481 e. The third-order valence-corrected chi connectivity index (χ3v) is 0. The van der Waals surface area contributed by atoms with Gasteiger partial charge in [-0.2, -0.15) is 0 Å². The predicted octanol–water partition coefficient (Wildman–Crippen LogP) is 0.345. The average Bonchev–Trinajstić information content (AvgIpc) is 1.25. The molecule has 50 valence electrons. The maximum absolute atomic E-state index is 9.00. The van der Waals surface area contributed by atoms with Crippen molar-refractivity contribution in [2.45, 2.75) is 19.3 Å². The highest BCUT2D eigenvalue weighted by atomic mass is 32.1. The smallest absolute Gasteiger partial charge is 0.300 e. The molecule has 0 saturated heterocycles. The first kappa shape index (κ1) is 10.7. The molecule has 1 atom stereocenters. The van der Waals surface area contributed by atoms with Gasteiger partial charge in [-0.3, -0.25) is 4.79 Å². The zero-order chi connectivity index (χ0) is 7.15. The van der Waals surface area contributed by atoms with Gasteiger partial charge in [0.2, 0.25) is 0 Å². The zero-order valence-electron chi connectivity index (χ0n) is 4.83. The lowest BCUT2D eigenvalue weighted by Crippen LogP contribution is -1.79. The summed E-state index contributed by atoms with van der Waals surface area (Å²) >= 11 is 3.52. The summed E-state index contributed by atoms with van der Waals surface area (Å²) in [7, 11) is 0. The molecule has 0 aliphatic carbocycles. The van der Waals surface area contributed by atoms with Gasteiger partial charge in [0.25, 0.3) is 5.97 Å². The normalized spacial score (nSPS) is 11.0. The summed E-state index contributed by atoms with van der Waals surface area (Å²) in [4.78, 5) is 9.00. The van der Waals surface area contributed by atoms with E-state index in [-0.39, 0.29) is 0 Å². The van der Waals surface area contributed by atoms with Crippen LogP contribution in [-0.2, 0) is 4.79 Å². The summed E-state index contributed by atoms with van der Waals surface area (Å²) in [6, 6.07) is 0. The van der Waals surface area contributed by atoms with Crippen molar-refractivity contribution >= 4 is 18.6 Å². The highest BCUT2D eigenvalue weighted by Gasteiger charge is 1.70. The van der Waals surface area contributed by atoms with Crippen LogP contribution in [0.3, 0.4) is 0 Å². The second kappa shape index (κ2) is 6.78. The summed E-state index contributed by atoms with van der Waals surface area (Å²) in [5, 5.41) is 15.3. The van der Waals surface area contributed by atoms with Gasteiger partial charge in [0.05, 0.1) is 5.44 Å². The van der Waals surface area contributed by atoms with Gasteiger partial charge >= 0.3 is 0 Å². The van der Waals surface area contributed by atoms with Crippen LogP contribution in [0, 0.1) is 0 Å². The van der Waals surface area contributed by atoms with Crippen LogP contribution in [-0.4, -0.2) is 21.6 Å². The quantitative estimate of drug-likeness (QED) is 0.334. The number of aliphatic hydroxyl groups is 1. The summed E-state index contributed by atoms with van der Waals surface area (Å²) in [6.07, 6.45) is 0. The van der Waals surface area contributed by atoms with E-state index in [0.717, 1.165) is 6.92 Å². The molecule has 0 amide bonds. The third-order valence-electron chi connectivity index (χ3n) is 0. The molecule has 0 aromatic carbocycles. The predicted molar refractivity (Wildman–Crippen MR) is 34.0 cm³/mol. The molecule has 0 aliphatic heterocycles. The Morgan fingerprint density at radius 3 is 1.75 bits per heavy atom. The van der Waals surface area contributed by atoms with Gasteiger partial charge in [0, 0.05) is 6.92 Å². The fourth-order valence-electron chi connectivity index (χ4n) is 0. The number of carbonyl (C=O) groups is 1. The van der Waals surface area contributed by atoms with Crippen LogP contribution >= 0.6 is 12.6 Å². The number of hydrogen-bond acceptors (Lipinski definition) is 3. The van der Waals surface area contributed by atoms with Crippen molar-refractivity contribution in [3.63, 3.8) is 0 Å². The van der Waals surface area contributed by atoms with Gasteiger partial charge in [-0.05, 0) is 6.92 Å². The van der Waals surface area contributed by atoms with Gasteiger partial charge < -0.3 is 10.2 Å². The molecule has 0 fully saturated rings. The Labute approximate surface area is 53.7 Å². The van der Waals surface area contributed by atoms with E-state index < -0.39 is 11.4 Å². The Morgan fingerprint density at radius 1 is 1.75 bits per heavy atom. The lowest BCUT2D eigenvalue weighted by atomic mass is 10.9. The molecule has 0 aromatic rings. The van der Waals surface area contributed by atoms with Crippen LogP contribution in [0.1, 0.15) is 13.8 Å². The van der Waals surface area contributed by atoms with Crippen LogP contribution in [0.5, 0.6) is 0 Å². The summed E-state index contributed by atoms with van der Waals surface area (Å²) < 4.78 is 0. The van der Waals surface area contributed by atoms with E-state index >= 15 is 0 Å². The molecule has 4 heteroatoms. The van der Waals surface area contributed by atoms with Crippen molar-refractivity contribution in [3.8, 4) is 0 Å². The van der Waals surface area contributed by atoms with Crippen LogP contribution in [0.25, 0.3) is 0 Å². The average molecular weight is 138 g/mol. The molecule has 0 heterocycles. The molecular formula is C4H10O3S. The molecule has 1 unspecified atom stereocenters. The number of carboxylic acids is 1. The molecule has 8 heavy (non-hydrogen) atoms. The zero-order valence-corrected chi connectivity index (χ0v) is 5.72. The Morgan fingerprint density at radius 2 is 1.75 bits per heavy atom. The van der Waals surface area contributed by atoms with Gasteiger partial charge in [0.15, 0.2) is 0 Å². The number of hydrogen-bond donors (Lipinski definition) is 3. The summed E-state index contributed by atoms with van der Waals surface area (Å²) in [6.45, 7) is 2.67. The van der Waals surface area contributed by atoms with Crippen molar-refractivity contribution in [3.05, 3.63) is 0 Å². The number of carboxylic acid groups (broad SMARTS) is 1. The molecule has 0 radical (unpaired) electrons. The van der Waals surface area contributed by atoms with Crippen LogP contribution in [0.15, 0.2) is 0 Å². The standard InChI is InChI=1S/C2H4O2.C2H6OS/c2*1-2(3)4/h1H3,(H,3,4);2-4H,1H3. The van der Waals surface area contributed by atoms with E-state index in [1.54, 1.807) is 6.92 Å². The number of thiol groups is 1. The first-order valence-corrected chi connectivity index (χ1v) is 2.54. The second-order valence-electron chi connectivity index (χ2n) is 1.15. The summed E-state index contributed by atoms with van der Waals surface area (Å²) in [5.74, 6) is -0.833. The molecule has 2 N–H and O–H groups in total. The molecule has 0 spiro atoms. The van der Waals surface area contributed by atoms with E-state index in [0.29, 0.717) is 0 Å². The van der Waals surface area contributed by atoms with E-state index in [4.69, 9.17) is 15.0 Å². The SMILES string of the molecule is CC(=O)O.CC(O)S. The first-order chi connectivity index (χ1) is 3.46. The van der Waals surface area contributed by atoms with E-state index in [9.17, 15) is 0 Å². The molecule has 0 saturated carbocycles. The molecule has 3 nitrogen and oxygen atoms in total. The second-order valence-corrected chi connectivity index (χ2v) is 1.90. The van der Waals surface area contributed by atoms with Gasteiger partial charge in [0.1, 0.15) is 0 Å². The first-order valence-electron chi connectivity index (χ1n) is 2.02. The van der Waals surface area contributed by atoms with Crippen LogP contribution < -0.4 is 0 Å². The topological polar surface area (TPSA) is 57.5 Å². The minimum Gasteiger partial charge on any atom is -0.481 e. The Bertz CT molecular complexity index is 55.5. The number of rotatable bonds is 0. The maximum atomic E-state index is 9.00. The van der Waals surface area contributed by atoms with Crippen molar-refractivity contribution in [2.75, 3.05) is 0 Å². The molecular weight excluding hydrogens is 128 g/mol. The summed E-state index contributed by atoms with van der Waals surface area (Å²) in [5.41, 5.74) is -0.472. The van der Waals surface area contributed by atoms with Gasteiger partial charge in [-0.1, -0.05) is 0 Å². The number of aliphatic hydroxyl groups excluding tert-OH is 1. The minimum atomic E-state index is -0.833. The molecule has 0 aromatic heterocycles. The van der Waals surface area contributed by atoms with E-state index in [1.807, 2.05) is 0 Å². The highest BCUT2D eigenvalue weighted by molar-refractivity contribution is 7.80. The molecule has 0 aliphatic rings. The van der Waals surface area contributed by atoms with E-state index in [2.05, 4.69) is 12.6 Å². The third kappa shape index (κ3) is 2730. The van der Waals surface area contributed by atoms with Crippen LogP contribution in [0.2, 0.25) is 0 Å². The molecule has 0 rings (SSSR count). The van der Waals surface area contributed by atoms with Crippen molar-refractivity contribution < 1.29 is 15.0 Å². The van der Waals surface area contributed by atoms with Crippen molar-refractivity contribution in [2.24, 2.45) is 0 Å². The van der Waals surface area contributed by atoms with Crippen LogP contribution in [0.4, 0.5) is 0 Å². The number of aliphatic carboxylic acids is 1. The van der Waals surface area contributed by atoms with Crippen molar-refractivity contribution in [1.29, 1.82) is 0 Å². The Kier molecular flexibility index (Phi) is 9.07. The highest BCUT2D eigenvalue weighted by Crippen LogP contribution is 1.78. The fraction of sp³-hybridized carbons (Fsp3) is 0.750. The monoisotopic (exact) mass is 138 g/mol. The lowest BCUT2D eigenvalue weighted by Gasteiger charge is -1.79. The fourth-order valence-corrected chi connectivity index (χ4v) is 0.